The molecule has 1 aromatic rings. The van der Waals surface area contributed by atoms with Crippen molar-refractivity contribution in [1.29, 1.82) is 0 Å². The number of nitrogens with zero attached hydrogens (tertiary/aromatic N) is 3. The second-order valence-electron chi connectivity index (χ2n) is 4.94. The van der Waals surface area contributed by atoms with E-state index in [0.717, 1.165) is 19.5 Å². The molecule has 98 valence electrons. The van der Waals surface area contributed by atoms with Crippen molar-refractivity contribution in [3.8, 4) is 0 Å². The summed E-state index contributed by atoms with van der Waals surface area (Å²) in [5.41, 5.74) is 0.421. The standard InChI is InChI=1S/C13H20N4O/c1-10(2)17(9-11-4-3-5-15-11)13(18)12-8-14-6-7-16-12/h6-8,10-11,15H,3-5,9H2,1-2H3. The van der Waals surface area contributed by atoms with Gasteiger partial charge in [0.05, 0.1) is 6.20 Å². The van der Waals surface area contributed by atoms with Gasteiger partial charge in [0.15, 0.2) is 0 Å². The molecule has 1 N–H and O–H groups in total. The lowest BCUT2D eigenvalue weighted by molar-refractivity contribution is 0.0682. The lowest BCUT2D eigenvalue weighted by Gasteiger charge is -2.29. The first kappa shape index (κ1) is 13.0. The van der Waals surface area contributed by atoms with Crippen molar-refractivity contribution in [1.82, 2.24) is 20.2 Å². The van der Waals surface area contributed by atoms with Crippen LogP contribution < -0.4 is 5.32 Å². The van der Waals surface area contributed by atoms with Gasteiger partial charge in [-0.2, -0.15) is 0 Å². The summed E-state index contributed by atoms with van der Waals surface area (Å²) >= 11 is 0. The third kappa shape index (κ3) is 3.04. The fourth-order valence-corrected chi connectivity index (χ4v) is 2.23. The van der Waals surface area contributed by atoms with Gasteiger partial charge in [-0.25, -0.2) is 4.98 Å². The zero-order chi connectivity index (χ0) is 13.0. The summed E-state index contributed by atoms with van der Waals surface area (Å²) in [5, 5.41) is 3.42. The van der Waals surface area contributed by atoms with Crippen LogP contribution in [0, 0.1) is 0 Å². The molecule has 1 atom stereocenters. The Morgan fingerprint density at radius 3 is 2.94 bits per heavy atom. The monoisotopic (exact) mass is 248 g/mol. The van der Waals surface area contributed by atoms with E-state index in [1.165, 1.54) is 12.6 Å². The first-order valence-corrected chi connectivity index (χ1v) is 6.49. The van der Waals surface area contributed by atoms with Crippen molar-refractivity contribution in [2.75, 3.05) is 13.1 Å². The van der Waals surface area contributed by atoms with Crippen molar-refractivity contribution >= 4 is 5.91 Å². The molecule has 0 saturated carbocycles. The lowest BCUT2D eigenvalue weighted by atomic mass is 10.2. The Kier molecular flexibility index (Phi) is 4.25. The Balaban J connectivity index is 2.07. The molecule has 0 radical (unpaired) electrons. The third-order valence-electron chi connectivity index (χ3n) is 3.25. The van der Waals surface area contributed by atoms with Crippen LogP contribution in [0.5, 0.6) is 0 Å². The molecule has 1 aromatic heterocycles. The van der Waals surface area contributed by atoms with E-state index in [9.17, 15) is 4.79 Å². The Morgan fingerprint density at radius 1 is 1.56 bits per heavy atom. The van der Waals surface area contributed by atoms with Gasteiger partial charge in [-0.15, -0.1) is 0 Å². The fraction of sp³-hybridized carbons (Fsp3) is 0.615. The second-order valence-corrected chi connectivity index (χ2v) is 4.94. The molecule has 18 heavy (non-hydrogen) atoms. The Bertz CT molecular complexity index is 387. The quantitative estimate of drug-likeness (QED) is 0.866. The van der Waals surface area contributed by atoms with E-state index in [1.807, 2.05) is 18.7 Å². The molecule has 1 aliphatic heterocycles. The Hall–Kier alpha value is -1.49. The van der Waals surface area contributed by atoms with Gasteiger partial charge in [0, 0.05) is 31.0 Å². The summed E-state index contributed by atoms with van der Waals surface area (Å²) in [6.45, 7) is 5.86. The van der Waals surface area contributed by atoms with Crippen LogP contribution in [-0.2, 0) is 0 Å². The molecule has 2 rings (SSSR count). The highest BCUT2D eigenvalue weighted by Crippen LogP contribution is 2.11. The van der Waals surface area contributed by atoms with Gasteiger partial charge >= 0.3 is 0 Å². The molecule has 2 heterocycles. The number of hydrogen-bond acceptors (Lipinski definition) is 4. The maximum atomic E-state index is 12.4. The number of rotatable bonds is 4. The molecule has 1 unspecified atom stereocenters. The smallest absolute Gasteiger partial charge is 0.274 e. The number of nitrogens with one attached hydrogen (secondary N) is 1. The van der Waals surface area contributed by atoms with Crippen LogP contribution in [0.15, 0.2) is 18.6 Å². The third-order valence-corrected chi connectivity index (χ3v) is 3.25. The molecule has 1 aliphatic rings. The predicted octanol–water partition coefficient (Wildman–Crippen LogP) is 1.08. The number of amides is 1. The molecule has 0 bridgehead atoms. The van der Waals surface area contributed by atoms with Gasteiger partial charge in [0.1, 0.15) is 5.69 Å². The van der Waals surface area contributed by atoms with Gasteiger partial charge in [0.25, 0.3) is 5.91 Å². The van der Waals surface area contributed by atoms with Crippen LogP contribution in [0.25, 0.3) is 0 Å². The topological polar surface area (TPSA) is 58.1 Å². The molecule has 1 fully saturated rings. The van der Waals surface area contributed by atoms with E-state index in [-0.39, 0.29) is 11.9 Å². The normalized spacial score (nSPS) is 19.2. The zero-order valence-electron chi connectivity index (χ0n) is 11.0. The average Bonchev–Trinajstić information content (AvgIpc) is 2.89. The maximum absolute atomic E-state index is 12.4. The second kappa shape index (κ2) is 5.91. The van der Waals surface area contributed by atoms with Crippen molar-refractivity contribution < 1.29 is 4.79 Å². The highest BCUT2D eigenvalue weighted by atomic mass is 16.2. The van der Waals surface area contributed by atoms with Crippen LogP contribution in [0.4, 0.5) is 0 Å². The summed E-state index contributed by atoms with van der Waals surface area (Å²) in [7, 11) is 0. The molecule has 0 aromatic carbocycles. The van der Waals surface area contributed by atoms with Crippen LogP contribution in [0.3, 0.4) is 0 Å². The lowest BCUT2D eigenvalue weighted by Crippen LogP contribution is -2.45. The largest absolute Gasteiger partial charge is 0.333 e. The van der Waals surface area contributed by atoms with Gasteiger partial charge in [-0.1, -0.05) is 0 Å². The van der Waals surface area contributed by atoms with Crippen LogP contribution in [-0.4, -0.2) is 45.9 Å². The molecule has 0 aliphatic carbocycles. The van der Waals surface area contributed by atoms with E-state index >= 15 is 0 Å². The van der Waals surface area contributed by atoms with E-state index < -0.39 is 0 Å². The fourth-order valence-electron chi connectivity index (χ4n) is 2.23. The SMILES string of the molecule is CC(C)N(CC1CCCN1)C(=O)c1cnccn1. The van der Waals surface area contributed by atoms with Gasteiger partial charge in [-0.3, -0.25) is 9.78 Å². The molecule has 5 heteroatoms. The molecular formula is C13H20N4O. The summed E-state index contributed by atoms with van der Waals surface area (Å²) in [5.74, 6) is -0.0354. The summed E-state index contributed by atoms with van der Waals surface area (Å²) in [4.78, 5) is 22.3. The molecule has 5 nitrogen and oxygen atoms in total. The van der Waals surface area contributed by atoms with E-state index in [1.54, 1.807) is 12.4 Å². The molecule has 1 amide bonds. The summed E-state index contributed by atoms with van der Waals surface area (Å²) < 4.78 is 0. The number of carbonyl (C=O) groups excluding carboxylic acids is 1. The maximum Gasteiger partial charge on any atom is 0.274 e. The molecular weight excluding hydrogens is 228 g/mol. The predicted molar refractivity (Wildman–Crippen MR) is 69.2 cm³/mol. The minimum Gasteiger partial charge on any atom is -0.333 e. The van der Waals surface area contributed by atoms with E-state index in [4.69, 9.17) is 0 Å². The zero-order valence-corrected chi connectivity index (χ0v) is 11.0. The molecule has 0 spiro atoms. The van der Waals surface area contributed by atoms with Crippen molar-refractivity contribution in [2.24, 2.45) is 0 Å². The minimum absolute atomic E-state index is 0.0354. The first-order valence-electron chi connectivity index (χ1n) is 6.49. The summed E-state index contributed by atoms with van der Waals surface area (Å²) in [6, 6.07) is 0.579. The highest BCUT2D eigenvalue weighted by molar-refractivity contribution is 5.92. The van der Waals surface area contributed by atoms with Gasteiger partial charge < -0.3 is 10.2 Å². The van der Waals surface area contributed by atoms with Crippen molar-refractivity contribution in [3.05, 3.63) is 24.3 Å². The number of hydrogen-bond donors (Lipinski definition) is 1. The Morgan fingerprint density at radius 2 is 2.39 bits per heavy atom. The minimum atomic E-state index is -0.0354. The highest BCUT2D eigenvalue weighted by Gasteiger charge is 2.25. The average molecular weight is 248 g/mol. The number of aromatic nitrogens is 2. The van der Waals surface area contributed by atoms with E-state index in [0.29, 0.717) is 11.7 Å². The van der Waals surface area contributed by atoms with E-state index in [2.05, 4.69) is 15.3 Å². The van der Waals surface area contributed by atoms with Crippen LogP contribution in [0.1, 0.15) is 37.2 Å². The van der Waals surface area contributed by atoms with Crippen molar-refractivity contribution in [3.63, 3.8) is 0 Å². The Labute approximate surface area is 108 Å². The van der Waals surface area contributed by atoms with Gasteiger partial charge in [-0.05, 0) is 33.2 Å². The number of carbonyl (C=O) groups is 1. The summed E-state index contributed by atoms with van der Waals surface area (Å²) in [6.07, 6.45) is 6.99. The van der Waals surface area contributed by atoms with Crippen LogP contribution in [0.2, 0.25) is 0 Å². The van der Waals surface area contributed by atoms with Crippen LogP contribution >= 0.6 is 0 Å². The van der Waals surface area contributed by atoms with Gasteiger partial charge in [0.2, 0.25) is 0 Å². The first-order chi connectivity index (χ1) is 8.68. The molecule has 1 saturated heterocycles. The van der Waals surface area contributed by atoms with Crippen molar-refractivity contribution in [2.45, 2.75) is 38.8 Å².